The molecule has 0 aliphatic carbocycles. The monoisotopic (exact) mass is 392 g/mol. The highest BCUT2D eigenvalue weighted by atomic mass is 16.2. The number of nitrogens with zero attached hydrogens (tertiary/aromatic N) is 2. The Kier molecular flexibility index (Phi) is 10.9. The lowest BCUT2D eigenvalue weighted by molar-refractivity contribution is -0.134. The van der Waals surface area contributed by atoms with E-state index < -0.39 is 0 Å². The van der Waals surface area contributed by atoms with Gasteiger partial charge in [-0.15, -0.1) is 0 Å². The molecule has 2 fully saturated rings. The fraction of sp³-hybridized carbons (Fsp3) is 0.960. The molecule has 3 heteroatoms. The molecule has 0 N–H and O–H groups in total. The van der Waals surface area contributed by atoms with E-state index in [1.165, 1.54) is 96.7 Å². The highest BCUT2D eigenvalue weighted by Crippen LogP contribution is 2.41. The summed E-state index contributed by atoms with van der Waals surface area (Å²) in [5.41, 5.74) is 0.546. The van der Waals surface area contributed by atoms with Gasteiger partial charge < -0.3 is 9.80 Å². The first kappa shape index (κ1) is 23.7. The van der Waals surface area contributed by atoms with Gasteiger partial charge in [0.1, 0.15) is 0 Å². The normalized spacial score (nSPS) is 21.2. The zero-order valence-electron chi connectivity index (χ0n) is 19.3. The molecule has 3 nitrogen and oxygen atoms in total. The van der Waals surface area contributed by atoms with Crippen LogP contribution in [0.4, 0.5) is 0 Å². The molecule has 2 aliphatic heterocycles. The van der Waals surface area contributed by atoms with E-state index in [2.05, 4.69) is 30.6 Å². The summed E-state index contributed by atoms with van der Waals surface area (Å²) < 4.78 is 0. The van der Waals surface area contributed by atoms with Crippen molar-refractivity contribution in [3.8, 4) is 0 Å². The van der Waals surface area contributed by atoms with Gasteiger partial charge in [0.2, 0.25) is 5.91 Å². The van der Waals surface area contributed by atoms with Gasteiger partial charge in [-0.25, -0.2) is 0 Å². The number of carbonyl (C=O) groups is 1. The van der Waals surface area contributed by atoms with Crippen LogP contribution in [-0.4, -0.2) is 48.4 Å². The first-order valence-corrected chi connectivity index (χ1v) is 12.6. The van der Waals surface area contributed by atoms with Gasteiger partial charge in [0.25, 0.3) is 0 Å². The van der Waals surface area contributed by atoms with Crippen LogP contribution in [0, 0.1) is 11.3 Å². The van der Waals surface area contributed by atoms with Crippen LogP contribution in [0.2, 0.25) is 0 Å². The number of piperidine rings is 2. The minimum Gasteiger partial charge on any atom is -0.343 e. The Hall–Kier alpha value is -0.570. The fourth-order valence-corrected chi connectivity index (χ4v) is 5.32. The van der Waals surface area contributed by atoms with Crippen molar-refractivity contribution in [3.05, 3.63) is 0 Å². The van der Waals surface area contributed by atoms with Crippen molar-refractivity contribution in [1.29, 1.82) is 0 Å². The number of hydrogen-bond donors (Lipinski definition) is 0. The predicted octanol–water partition coefficient (Wildman–Crippen LogP) is 6.27. The van der Waals surface area contributed by atoms with Crippen LogP contribution in [-0.2, 0) is 4.79 Å². The van der Waals surface area contributed by atoms with E-state index in [0.29, 0.717) is 11.3 Å². The van der Waals surface area contributed by atoms with Gasteiger partial charge in [-0.1, -0.05) is 59.3 Å². The van der Waals surface area contributed by atoms with Crippen LogP contribution >= 0.6 is 0 Å². The summed E-state index contributed by atoms with van der Waals surface area (Å²) in [6.45, 7) is 12.9. The van der Waals surface area contributed by atoms with Crippen molar-refractivity contribution in [2.24, 2.45) is 11.3 Å². The first-order chi connectivity index (χ1) is 13.6. The first-order valence-electron chi connectivity index (χ1n) is 12.6. The molecule has 28 heavy (non-hydrogen) atoms. The Morgan fingerprint density at radius 2 is 1.46 bits per heavy atom. The van der Waals surface area contributed by atoms with Crippen LogP contribution in [0.1, 0.15) is 111 Å². The zero-order valence-corrected chi connectivity index (χ0v) is 19.3. The lowest BCUT2D eigenvalue weighted by Gasteiger charge is -2.47. The van der Waals surface area contributed by atoms with Crippen molar-refractivity contribution < 1.29 is 4.79 Å². The molecule has 2 aliphatic rings. The molecule has 1 atom stereocenters. The van der Waals surface area contributed by atoms with Gasteiger partial charge in [0.15, 0.2) is 0 Å². The van der Waals surface area contributed by atoms with Crippen LogP contribution in [0.15, 0.2) is 0 Å². The molecule has 0 aromatic heterocycles. The van der Waals surface area contributed by atoms with E-state index in [1.54, 1.807) is 0 Å². The second-order valence-electron chi connectivity index (χ2n) is 9.92. The maximum Gasteiger partial charge on any atom is 0.222 e. The van der Waals surface area contributed by atoms with Crippen LogP contribution in [0.5, 0.6) is 0 Å². The Balaban J connectivity index is 1.59. The van der Waals surface area contributed by atoms with E-state index in [0.717, 1.165) is 31.8 Å². The molecule has 1 unspecified atom stereocenters. The maximum atomic E-state index is 12.5. The summed E-state index contributed by atoms with van der Waals surface area (Å²) in [6.07, 6.45) is 17.7. The van der Waals surface area contributed by atoms with Gasteiger partial charge >= 0.3 is 0 Å². The van der Waals surface area contributed by atoms with Crippen molar-refractivity contribution in [2.75, 3.05) is 32.7 Å². The number of rotatable bonds is 12. The van der Waals surface area contributed by atoms with E-state index in [9.17, 15) is 4.79 Å². The minimum atomic E-state index is 0.421. The molecule has 2 heterocycles. The van der Waals surface area contributed by atoms with Crippen LogP contribution < -0.4 is 0 Å². The summed E-state index contributed by atoms with van der Waals surface area (Å²) in [7, 11) is 0. The summed E-state index contributed by atoms with van der Waals surface area (Å²) in [5, 5.41) is 0. The number of likely N-dealkylation sites (tertiary alicyclic amines) is 2. The number of hydrogen-bond acceptors (Lipinski definition) is 2. The average molecular weight is 393 g/mol. The lowest BCUT2D eigenvalue weighted by atomic mass is 9.71. The van der Waals surface area contributed by atoms with Gasteiger partial charge in [0.05, 0.1) is 0 Å². The molecule has 0 aromatic carbocycles. The van der Waals surface area contributed by atoms with Gasteiger partial charge in [-0.3, -0.25) is 4.79 Å². The molecule has 0 bridgehead atoms. The summed E-state index contributed by atoms with van der Waals surface area (Å²) in [5.74, 6) is 1.32. The van der Waals surface area contributed by atoms with Crippen LogP contribution in [0.25, 0.3) is 0 Å². The standard InChI is InChI=1S/C25H48N2O/c1-4-6-7-8-9-13-24(28)27-21-16-25(17-22-27)14-19-26(20-15-25)18-10-12-23(3)11-5-2/h23H,4-22H2,1-3H3. The minimum absolute atomic E-state index is 0.421. The number of carbonyl (C=O) groups excluding carboxylic acids is 1. The number of unbranched alkanes of at least 4 members (excludes halogenated alkanes) is 4. The van der Waals surface area contributed by atoms with E-state index in [4.69, 9.17) is 0 Å². The van der Waals surface area contributed by atoms with Crippen molar-refractivity contribution in [1.82, 2.24) is 9.80 Å². The highest BCUT2D eigenvalue weighted by molar-refractivity contribution is 5.76. The molecular weight excluding hydrogens is 344 g/mol. The van der Waals surface area contributed by atoms with Crippen molar-refractivity contribution in [2.45, 2.75) is 111 Å². The van der Waals surface area contributed by atoms with E-state index in [-0.39, 0.29) is 0 Å². The lowest BCUT2D eigenvalue weighted by Crippen LogP contribution is -2.48. The maximum absolute atomic E-state index is 12.5. The summed E-state index contributed by atoms with van der Waals surface area (Å²) in [4.78, 5) is 17.4. The third-order valence-corrected chi connectivity index (χ3v) is 7.54. The largest absolute Gasteiger partial charge is 0.343 e. The SMILES string of the molecule is CCCCCCCC(=O)N1CCC2(CCN(CCCC(C)CCC)CC2)CC1. The molecule has 1 amide bonds. The van der Waals surface area contributed by atoms with E-state index >= 15 is 0 Å². The van der Waals surface area contributed by atoms with Gasteiger partial charge in [-0.05, 0) is 75.9 Å². The van der Waals surface area contributed by atoms with Crippen LogP contribution in [0.3, 0.4) is 0 Å². The third-order valence-electron chi connectivity index (χ3n) is 7.54. The molecule has 164 valence electrons. The molecule has 0 radical (unpaired) electrons. The Bertz CT molecular complexity index is 418. The molecule has 0 aromatic rings. The van der Waals surface area contributed by atoms with Crippen molar-refractivity contribution >= 4 is 5.91 Å². The molecule has 2 saturated heterocycles. The Morgan fingerprint density at radius 1 is 0.821 bits per heavy atom. The Labute approximate surface area is 175 Å². The molecule has 2 rings (SSSR count). The zero-order chi connectivity index (χ0) is 20.2. The second-order valence-corrected chi connectivity index (χ2v) is 9.92. The predicted molar refractivity (Wildman–Crippen MR) is 121 cm³/mol. The fourth-order valence-electron chi connectivity index (χ4n) is 5.32. The average Bonchev–Trinajstić information content (AvgIpc) is 2.70. The highest BCUT2D eigenvalue weighted by Gasteiger charge is 2.38. The summed E-state index contributed by atoms with van der Waals surface area (Å²) >= 11 is 0. The second kappa shape index (κ2) is 12.9. The van der Waals surface area contributed by atoms with Gasteiger partial charge in [0, 0.05) is 19.5 Å². The number of amides is 1. The van der Waals surface area contributed by atoms with E-state index in [1.807, 2.05) is 0 Å². The van der Waals surface area contributed by atoms with Crippen molar-refractivity contribution in [3.63, 3.8) is 0 Å². The van der Waals surface area contributed by atoms with Gasteiger partial charge in [-0.2, -0.15) is 0 Å². The quantitative estimate of drug-likeness (QED) is 0.365. The smallest absolute Gasteiger partial charge is 0.222 e. The molecular formula is C25H48N2O. The Morgan fingerprint density at radius 3 is 2.11 bits per heavy atom. The molecule has 0 saturated carbocycles. The summed E-state index contributed by atoms with van der Waals surface area (Å²) in [6, 6.07) is 0. The topological polar surface area (TPSA) is 23.6 Å². The molecule has 1 spiro atoms. The third kappa shape index (κ3) is 8.05.